The maximum atomic E-state index is 9.74. The van der Waals surface area contributed by atoms with E-state index in [0.717, 1.165) is 0 Å². The molecule has 0 aromatic heterocycles. The molecule has 0 aromatic rings. The van der Waals surface area contributed by atoms with Gasteiger partial charge in [0, 0.05) is 5.12 Å². The van der Waals surface area contributed by atoms with Crippen molar-refractivity contribution in [2.45, 2.75) is 0 Å². The van der Waals surface area contributed by atoms with Gasteiger partial charge in [-0.3, -0.25) is 5.41 Å². The van der Waals surface area contributed by atoms with Crippen LogP contribution in [0.15, 0.2) is 0 Å². The first-order valence-corrected chi connectivity index (χ1v) is 1.84. The Hall–Kier alpha value is -1.41. The summed E-state index contributed by atoms with van der Waals surface area (Å²) < 4.78 is 0. The Balaban J connectivity index is 3.99. The van der Waals surface area contributed by atoms with Gasteiger partial charge >= 0.3 is 0 Å². The normalized spacial score (nSPS) is 8.56. The Bertz CT molecular complexity index is 117. The molecular weight excluding hydrogens is 128 g/mol. The van der Waals surface area contributed by atoms with Gasteiger partial charge in [0.1, 0.15) is 0 Å². The number of nitro groups is 1. The van der Waals surface area contributed by atoms with E-state index in [9.17, 15) is 10.1 Å². The monoisotopic (exact) mass is 134 g/mol. The summed E-state index contributed by atoms with van der Waals surface area (Å²) in [5.41, 5.74) is 6.26. The topological polar surface area (TPSA) is 134 Å². The Morgan fingerprint density at radius 2 is 2.33 bits per heavy atom. The Labute approximate surface area is 50.0 Å². The lowest BCUT2D eigenvalue weighted by Crippen LogP contribution is -2.53. The maximum Gasteiger partial charge on any atom is 0.273 e. The van der Waals surface area contributed by atoms with Gasteiger partial charge in [-0.15, -0.1) is 5.53 Å². The fourth-order valence-electron chi connectivity index (χ4n) is 0.205. The molecule has 0 spiro atoms. The van der Waals surface area contributed by atoms with Crippen LogP contribution in [0.5, 0.6) is 0 Å². The van der Waals surface area contributed by atoms with Crippen molar-refractivity contribution in [3.8, 4) is 0 Å². The molecule has 0 aliphatic carbocycles. The number of nitrogens with zero attached hydrogens (tertiary/aromatic N) is 2. The maximum absolute atomic E-state index is 9.74. The smallest absolute Gasteiger partial charge is 0.273 e. The highest BCUT2D eigenvalue weighted by Crippen LogP contribution is 1.74. The molecule has 0 aliphatic rings. The molecule has 9 heavy (non-hydrogen) atoms. The number of hydrogen-bond acceptors (Lipinski definition) is 5. The Morgan fingerprint density at radius 1 is 1.89 bits per heavy atom. The number of nitrogens with two attached hydrogens (primary N) is 2. The van der Waals surface area contributed by atoms with Crippen molar-refractivity contribution in [3.05, 3.63) is 10.1 Å². The van der Waals surface area contributed by atoms with Gasteiger partial charge in [0.05, 0.1) is 0 Å². The van der Waals surface area contributed by atoms with Crippen molar-refractivity contribution >= 4 is 5.96 Å². The average Bonchev–Trinajstić information content (AvgIpc) is 1.64. The number of nitrogens with one attached hydrogen (secondary N) is 2. The van der Waals surface area contributed by atoms with Gasteiger partial charge in [0.2, 0.25) is 0 Å². The summed E-state index contributed by atoms with van der Waals surface area (Å²) in [6.07, 6.45) is 0. The second-order valence-electron chi connectivity index (χ2n) is 1.06. The van der Waals surface area contributed by atoms with E-state index in [1.54, 1.807) is 5.53 Å². The summed E-state index contributed by atoms with van der Waals surface area (Å²) in [7, 11) is 0. The van der Waals surface area contributed by atoms with E-state index in [2.05, 4.69) is 11.6 Å². The van der Waals surface area contributed by atoms with Crippen molar-refractivity contribution in [1.82, 2.24) is 10.7 Å². The van der Waals surface area contributed by atoms with E-state index < -0.39 is 11.0 Å². The predicted octanol–water partition coefficient (Wildman–Crippen LogP) is -2.25. The highest BCUT2D eigenvalue weighted by molar-refractivity contribution is 5.72. The number of guanidine groups is 1. The molecule has 0 rings (SSSR count). The van der Waals surface area contributed by atoms with Crippen LogP contribution in [0.3, 0.4) is 0 Å². The first kappa shape index (κ1) is 7.59. The molecule has 0 aliphatic heterocycles. The zero-order chi connectivity index (χ0) is 7.44. The largest absolute Gasteiger partial charge is 0.364 e. The summed E-state index contributed by atoms with van der Waals surface area (Å²) in [4.78, 5) is 9.74. The molecule has 0 saturated heterocycles. The molecule has 0 unspecified atom stereocenters. The van der Waals surface area contributed by atoms with Gasteiger partial charge in [0.25, 0.3) is 5.96 Å². The lowest BCUT2D eigenvalue weighted by molar-refractivity contribution is -0.644. The summed E-state index contributed by atoms with van der Waals surface area (Å²) in [6.45, 7) is 0. The first-order chi connectivity index (χ1) is 4.09. The number of rotatable bonds is 2. The number of hydrogen-bond donors (Lipinski definition) is 4. The Kier molecular flexibility index (Phi) is 2.35. The molecule has 6 N–H and O–H groups in total. The summed E-state index contributed by atoms with van der Waals surface area (Å²) in [6, 6.07) is 0. The van der Waals surface area contributed by atoms with Gasteiger partial charge < -0.3 is 5.73 Å². The van der Waals surface area contributed by atoms with Crippen LogP contribution in [-0.4, -0.2) is 16.1 Å². The van der Waals surface area contributed by atoms with Gasteiger partial charge in [-0.1, -0.05) is 0 Å². The van der Waals surface area contributed by atoms with E-state index >= 15 is 0 Å². The predicted molar refractivity (Wildman–Crippen MR) is 28.1 cm³/mol. The lowest BCUT2D eigenvalue weighted by atomic mass is 11.0. The number of hydrazine groups is 3. The molecule has 8 heteroatoms. The standard InChI is InChI=1S/CH6N6O2/c2-1(3)6(5-4)7(8)9/h5H,4H2,(H3,2,3). The van der Waals surface area contributed by atoms with E-state index in [4.69, 9.17) is 5.41 Å². The molecule has 0 radical (unpaired) electrons. The van der Waals surface area contributed by atoms with Crippen LogP contribution in [0.25, 0.3) is 0 Å². The molecule has 0 atom stereocenters. The molecule has 0 fully saturated rings. The fourth-order valence-corrected chi connectivity index (χ4v) is 0.205. The second-order valence-corrected chi connectivity index (χ2v) is 1.06. The average molecular weight is 134 g/mol. The lowest BCUT2D eigenvalue weighted by Gasteiger charge is -2.06. The van der Waals surface area contributed by atoms with Gasteiger partial charge in [0.15, 0.2) is 5.03 Å². The van der Waals surface area contributed by atoms with Crippen molar-refractivity contribution in [2.24, 2.45) is 11.6 Å². The second kappa shape index (κ2) is 2.79. The Morgan fingerprint density at radius 3 is 2.33 bits per heavy atom. The molecule has 0 amide bonds. The van der Waals surface area contributed by atoms with Crippen molar-refractivity contribution in [1.29, 1.82) is 5.41 Å². The zero-order valence-electron chi connectivity index (χ0n) is 4.37. The van der Waals surface area contributed by atoms with E-state index in [1.165, 1.54) is 0 Å². The third-order valence-electron chi connectivity index (χ3n) is 0.514. The minimum absolute atomic E-state index is 0.0694. The van der Waals surface area contributed by atoms with Crippen molar-refractivity contribution < 1.29 is 5.03 Å². The SMILES string of the molecule is N=C(N)N(NN)[N+](=O)[O-]. The molecule has 0 aromatic carbocycles. The van der Waals surface area contributed by atoms with Crippen molar-refractivity contribution in [2.75, 3.05) is 0 Å². The summed E-state index contributed by atoms with van der Waals surface area (Å²) in [5.74, 6) is 3.81. The highest BCUT2D eigenvalue weighted by atomic mass is 16.7. The quantitative estimate of drug-likeness (QED) is 0.111. The molecular formula is CH6N6O2. The molecule has 0 heterocycles. The van der Waals surface area contributed by atoms with Crippen LogP contribution in [0.2, 0.25) is 0 Å². The summed E-state index contributed by atoms with van der Waals surface area (Å²) in [5, 5.41) is 15.4. The van der Waals surface area contributed by atoms with Gasteiger partial charge in [-0.25, -0.2) is 16.0 Å². The highest BCUT2D eigenvalue weighted by Gasteiger charge is 2.14. The third-order valence-corrected chi connectivity index (χ3v) is 0.514. The molecule has 0 bridgehead atoms. The van der Waals surface area contributed by atoms with Crippen LogP contribution >= 0.6 is 0 Å². The van der Waals surface area contributed by atoms with Crippen LogP contribution in [0.1, 0.15) is 0 Å². The minimum Gasteiger partial charge on any atom is -0.364 e. The third kappa shape index (κ3) is 1.88. The fraction of sp³-hybridized carbons (Fsp3) is 0. The van der Waals surface area contributed by atoms with E-state index in [1.807, 2.05) is 0 Å². The van der Waals surface area contributed by atoms with E-state index in [0.29, 0.717) is 0 Å². The molecule has 0 saturated carbocycles. The zero-order valence-corrected chi connectivity index (χ0v) is 4.37. The van der Waals surface area contributed by atoms with E-state index in [-0.39, 0.29) is 5.12 Å². The van der Waals surface area contributed by atoms with Gasteiger partial charge in [-0.2, -0.15) is 0 Å². The van der Waals surface area contributed by atoms with Crippen molar-refractivity contribution in [3.63, 3.8) is 0 Å². The molecule has 52 valence electrons. The van der Waals surface area contributed by atoms with Crippen LogP contribution in [0.4, 0.5) is 0 Å². The van der Waals surface area contributed by atoms with Crippen LogP contribution < -0.4 is 17.1 Å². The minimum atomic E-state index is -0.956. The molecule has 8 nitrogen and oxygen atoms in total. The first-order valence-electron chi connectivity index (χ1n) is 1.84. The van der Waals surface area contributed by atoms with Crippen LogP contribution in [0, 0.1) is 15.5 Å². The van der Waals surface area contributed by atoms with Gasteiger partial charge in [-0.05, 0) is 0 Å². The van der Waals surface area contributed by atoms with Crippen LogP contribution in [-0.2, 0) is 0 Å². The summed E-state index contributed by atoms with van der Waals surface area (Å²) >= 11 is 0.